The molecule has 0 saturated heterocycles. The lowest BCUT2D eigenvalue weighted by Crippen LogP contribution is -2.49. The van der Waals surface area contributed by atoms with Gasteiger partial charge in [0.25, 0.3) is 0 Å². The summed E-state index contributed by atoms with van der Waals surface area (Å²) in [4.78, 5) is 0. The van der Waals surface area contributed by atoms with Crippen LogP contribution in [0.1, 0.15) is 6.92 Å². The van der Waals surface area contributed by atoms with Crippen molar-refractivity contribution in [2.45, 2.75) is 18.7 Å². The van der Waals surface area contributed by atoms with Crippen molar-refractivity contribution in [1.82, 2.24) is 0 Å². The van der Waals surface area contributed by atoms with Crippen molar-refractivity contribution in [3.8, 4) is 0 Å². The summed E-state index contributed by atoms with van der Waals surface area (Å²) in [5, 5.41) is 25.5. The summed E-state index contributed by atoms with van der Waals surface area (Å²) in [7, 11) is 0. The van der Waals surface area contributed by atoms with Gasteiger partial charge in [-0.1, -0.05) is 24.3 Å². The molecule has 0 spiro atoms. The Bertz CT molecular complexity index is 495. The van der Waals surface area contributed by atoms with Crippen LogP contribution in [0.15, 0.2) is 64.5 Å². The predicted molar refractivity (Wildman–Crippen MR) is 78.1 cm³/mol. The third kappa shape index (κ3) is 4.93. The van der Waals surface area contributed by atoms with E-state index in [2.05, 4.69) is 10.2 Å². The molecule has 0 saturated carbocycles. The van der Waals surface area contributed by atoms with E-state index in [0.29, 0.717) is 11.4 Å². The number of rotatable bonds is 2. The van der Waals surface area contributed by atoms with E-state index in [1.165, 1.54) is 6.08 Å². The second-order valence-electron chi connectivity index (χ2n) is 4.20. The zero-order valence-corrected chi connectivity index (χ0v) is 11.3. The molecule has 0 amide bonds. The monoisotopic (exact) mass is 276 g/mol. The van der Waals surface area contributed by atoms with Gasteiger partial charge in [-0.25, -0.2) is 0 Å². The predicted octanol–water partition coefficient (Wildman–Crippen LogP) is 1.20. The largest absolute Gasteiger partial charge is 0.399 e. The Balaban J connectivity index is 0.000000612. The highest BCUT2D eigenvalue weighted by molar-refractivity contribution is 5.35. The van der Waals surface area contributed by atoms with Crippen LogP contribution < -0.4 is 11.5 Å². The molecule has 0 aromatic heterocycles. The molecule has 1 aliphatic carbocycles. The van der Waals surface area contributed by atoms with Gasteiger partial charge in [-0.3, -0.25) is 5.73 Å². The highest BCUT2D eigenvalue weighted by atomic mass is 16.3. The molecule has 0 radical (unpaired) electrons. The van der Waals surface area contributed by atoms with E-state index in [-0.39, 0.29) is 6.61 Å². The normalized spacial score (nSPS) is 25.0. The molecule has 0 fully saturated rings. The topological polar surface area (TPSA) is 117 Å². The van der Waals surface area contributed by atoms with Gasteiger partial charge in [0.05, 0.1) is 5.69 Å². The zero-order chi connectivity index (χ0) is 15.0. The molecule has 0 aliphatic heterocycles. The Labute approximate surface area is 118 Å². The molecule has 2 rings (SSSR count). The lowest BCUT2D eigenvalue weighted by atomic mass is 9.99. The van der Waals surface area contributed by atoms with Gasteiger partial charge in [0, 0.05) is 12.3 Å². The smallest absolute Gasteiger partial charge is 0.163 e. The summed E-state index contributed by atoms with van der Waals surface area (Å²) in [6.45, 7) is 1.93. The molecule has 0 bridgehead atoms. The molecule has 6 heteroatoms. The standard InChI is InChI=1S/C12H14N4O.C2H6O/c13-9-6-7-11(12(14,17)8-9)16-15-10-4-2-1-3-5-10;1-2-3/h1-8,11,17H,13-14H2;3H,2H2,1H3. The summed E-state index contributed by atoms with van der Waals surface area (Å²) < 4.78 is 0. The van der Waals surface area contributed by atoms with Crippen molar-refractivity contribution in [2.24, 2.45) is 21.7 Å². The van der Waals surface area contributed by atoms with E-state index in [9.17, 15) is 5.11 Å². The molecule has 1 aromatic rings. The number of azo groups is 1. The minimum atomic E-state index is -1.59. The van der Waals surface area contributed by atoms with Crippen LogP contribution in [0.3, 0.4) is 0 Å². The first kappa shape index (κ1) is 16.0. The lowest BCUT2D eigenvalue weighted by Gasteiger charge is -2.26. The third-order valence-electron chi connectivity index (χ3n) is 2.40. The molecule has 2 unspecified atom stereocenters. The van der Waals surface area contributed by atoms with Gasteiger partial charge in [-0.05, 0) is 31.2 Å². The molecular weight excluding hydrogens is 256 g/mol. The summed E-state index contributed by atoms with van der Waals surface area (Å²) >= 11 is 0. The number of aliphatic hydroxyl groups excluding tert-OH is 1. The van der Waals surface area contributed by atoms with Gasteiger partial charge in [-0.15, -0.1) is 0 Å². The Morgan fingerprint density at radius 2 is 1.90 bits per heavy atom. The average molecular weight is 276 g/mol. The van der Waals surface area contributed by atoms with Gasteiger partial charge < -0.3 is 15.9 Å². The van der Waals surface area contributed by atoms with Crippen LogP contribution >= 0.6 is 0 Å². The summed E-state index contributed by atoms with van der Waals surface area (Å²) in [6.07, 6.45) is 4.64. The molecule has 6 nitrogen and oxygen atoms in total. The van der Waals surface area contributed by atoms with Crippen molar-refractivity contribution in [3.63, 3.8) is 0 Å². The Morgan fingerprint density at radius 1 is 1.30 bits per heavy atom. The highest BCUT2D eigenvalue weighted by Gasteiger charge is 2.31. The summed E-state index contributed by atoms with van der Waals surface area (Å²) in [6, 6.07) is 8.61. The Hall–Kier alpha value is -2.02. The van der Waals surface area contributed by atoms with Crippen molar-refractivity contribution in [2.75, 3.05) is 6.61 Å². The van der Waals surface area contributed by atoms with Gasteiger partial charge in [0.15, 0.2) is 5.72 Å². The van der Waals surface area contributed by atoms with Crippen LogP contribution in [-0.2, 0) is 0 Å². The molecule has 0 heterocycles. The first-order valence-electron chi connectivity index (χ1n) is 6.24. The lowest BCUT2D eigenvalue weighted by molar-refractivity contribution is 0.0812. The maximum atomic E-state index is 9.90. The number of allylic oxidation sites excluding steroid dienone is 1. The molecule has 2 atom stereocenters. The number of nitrogens with two attached hydrogens (primary N) is 2. The second-order valence-corrected chi connectivity index (χ2v) is 4.20. The molecule has 1 aliphatic rings. The average Bonchev–Trinajstić information content (AvgIpc) is 2.39. The van der Waals surface area contributed by atoms with Crippen molar-refractivity contribution >= 4 is 5.69 Å². The van der Waals surface area contributed by atoms with Gasteiger partial charge >= 0.3 is 0 Å². The number of hydrogen-bond donors (Lipinski definition) is 4. The van der Waals surface area contributed by atoms with Crippen molar-refractivity contribution in [1.29, 1.82) is 0 Å². The maximum Gasteiger partial charge on any atom is 0.163 e. The zero-order valence-electron chi connectivity index (χ0n) is 11.3. The van der Waals surface area contributed by atoms with E-state index in [1.807, 2.05) is 30.3 Å². The van der Waals surface area contributed by atoms with Crippen LogP contribution in [0.4, 0.5) is 5.69 Å². The quantitative estimate of drug-likeness (QED) is 0.479. The molecule has 108 valence electrons. The summed E-state index contributed by atoms with van der Waals surface area (Å²) in [5.41, 5.74) is 10.8. The SMILES string of the molecule is CCO.NC1=CC(N)(O)C(N=Nc2ccccc2)C=C1. The molecule has 20 heavy (non-hydrogen) atoms. The van der Waals surface area contributed by atoms with Crippen LogP contribution in [0, 0.1) is 0 Å². The van der Waals surface area contributed by atoms with Gasteiger partial charge in [-0.2, -0.15) is 10.2 Å². The van der Waals surface area contributed by atoms with Crippen LogP contribution in [0.2, 0.25) is 0 Å². The molecule has 1 aromatic carbocycles. The third-order valence-corrected chi connectivity index (χ3v) is 2.40. The summed E-state index contributed by atoms with van der Waals surface area (Å²) in [5.74, 6) is 0. The Morgan fingerprint density at radius 3 is 2.45 bits per heavy atom. The minimum absolute atomic E-state index is 0.250. The van der Waals surface area contributed by atoms with Crippen LogP contribution in [-0.4, -0.2) is 28.6 Å². The number of hydrogen-bond acceptors (Lipinski definition) is 6. The van der Waals surface area contributed by atoms with Gasteiger partial charge in [0.1, 0.15) is 6.04 Å². The number of aliphatic hydroxyl groups is 2. The maximum absolute atomic E-state index is 9.90. The fourth-order valence-corrected chi connectivity index (χ4v) is 1.51. The second kappa shape index (κ2) is 7.54. The minimum Gasteiger partial charge on any atom is -0.399 e. The van der Waals surface area contributed by atoms with Gasteiger partial charge in [0.2, 0.25) is 0 Å². The molecule has 6 N–H and O–H groups in total. The van der Waals surface area contributed by atoms with Crippen LogP contribution in [0.25, 0.3) is 0 Å². The van der Waals surface area contributed by atoms with E-state index >= 15 is 0 Å². The highest BCUT2D eigenvalue weighted by Crippen LogP contribution is 2.20. The first-order chi connectivity index (χ1) is 9.49. The first-order valence-corrected chi connectivity index (χ1v) is 6.24. The van der Waals surface area contributed by atoms with E-state index in [0.717, 1.165) is 0 Å². The van der Waals surface area contributed by atoms with Crippen LogP contribution in [0.5, 0.6) is 0 Å². The fraction of sp³-hybridized carbons (Fsp3) is 0.286. The fourth-order valence-electron chi connectivity index (χ4n) is 1.51. The number of nitrogens with zero attached hydrogens (tertiary/aromatic N) is 2. The Kier molecular flexibility index (Phi) is 6.05. The van der Waals surface area contributed by atoms with Crippen molar-refractivity contribution < 1.29 is 10.2 Å². The van der Waals surface area contributed by atoms with Crippen molar-refractivity contribution in [3.05, 3.63) is 54.3 Å². The van der Waals surface area contributed by atoms with E-state index in [1.54, 1.807) is 19.1 Å². The van der Waals surface area contributed by atoms with E-state index < -0.39 is 11.8 Å². The number of benzene rings is 1. The van der Waals surface area contributed by atoms with E-state index in [4.69, 9.17) is 16.6 Å². The molecular formula is C14H20N4O2.